The molecule has 0 unspecified atom stereocenters. The molecular formula is C14H14O5S2. The third-order valence-corrected chi connectivity index (χ3v) is 5.77. The van der Waals surface area contributed by atoms with Crippen LogP contribution in [0.5, 0.6) is 0 Å². The topological polar surface area (TPSA) is 77.5 Å². The normalized spacial score (nSPS) is 12.2. The summed E-state index contributed by atoms with van der Waals surface area (Å²) in [5, 5.41) is 0. The minimum Gasteiger partial charge on any atom is -0.198 e. The summed E-state index contributed by atoms with van der Waals surface area (Å²) in [6.07, 6.45) is 0. The fraction of sp³-hybridized carbons (Fsp3) is 0.143. The van der Waals surface area contributed by atoms with E-state index in [1.807, 2.05) is 0 Å². The van der Waals surface area contributed by atoms with E-state index in [2.05, 4.69) is 3.63 Å². The number of hydrogen-bond acceptors (Lipinski definition) is 5. The predicted octanol–water partition coefficient (Wildman–Crippen LogP) is 2.23. The lowest BCUT2D eigenvalue weighted by Crippen LogP contribution is -2.15. The minimum atomic E-state index is -4.34. The molecule has 112 valence electrons. The maximum Gasteiger partial charge on any atom is 0.311 e. The van der Waals surface area contributed by atoms with E-state index in [0.717, 1.165) is 5.56 Å². The molecule has 0 aliphatic rings. The van der Waals surface area contributed by atoms with Crippen molar-refractivity contribution in [3.05, 3.63) is 65.7 Å². The zero-order valence-electron chi connectivity index (χ0n) is 11.3. The fourth-order valence-electron chi connectivity index (χ4n) is 1.68. The Labute approximate surface area is 124 Å². The maximum absolute atomic E-state index is 11.9. The lowest BCUT2D eigenvalue weighted by Gasteiger charge is -2.06. The Morgan fingerprint density at radius 2 is 1.43 bits per heavy atom. The van der Waals surface area contributed by atoms with Crippen LogP contribution in [-0.4, -0.2) is 16.8 Å². The van der Waals surface area contributed by atoms with E-state index in [4.69, 9.17) is 0 Å². The fourth-order valence-corrected chi connectivity index (χ4v) is 4.35. The highest BCUT2D eigenvalue weighted by Crippen LogP contribution is 2.18. The molecule has 7 heteroatoms. The third-order valence-electron chi connectivity index (χ3n) is 2.69. The smallest absolute Gasteiger partial charge is 0.198 e. The van der Waals surface area contributed by atoms with Crippen molar-refractivity contribution in [3.63, 3.8) is 0 Å². The van der Waals surface area contributed by atoms with Crippen LogP contribution in [0.15, 0.2) is 59.5 Å². The first kappa shape index (κ1) is 15.7. The summed E-state index contributed by atoms with van der Waals surface area (Å²) in [4.78, 5) is -0.190. The van der Waals surface area contributed by atoms with Crippen LogP contribution in [0.25, 0.3) is 0 Å². The van der Waals surface area contributed by atoms with Crippen molar-refractivity contribution in [1.29, 1.82) is 0 Å². The Balaban J connectivity index is 2.21. The molecule has 0 amide bonds. The van der Waals surface area contributed by atoms with E-state index in [0.29, 0.717) is 5.56 Å². The molecular weight excluding hydrogens is 312 g/mol. The Morgan fingerprint density at radius 1 is 0.857 bits per heavy atom. The molecule has 0 saturated carbocycles. The molecule has 2 rings (SSSR count). The zero-order valence-corrected chi connectivity index (χ0v) is 12.9. The molecule has 0 fully saturated rings. The molecule has 0 radical (unpaired) electrons. The molecule has 0 atom stereocenters. The van der Waals surface area contributed by atoms with Crippen LogP contribution >= 0.6 is 0 Å². The third kappa shape index (κ3) is 4.38. The molecule has 0 aromatic heterocycles. The van der Waals surface area contributed by atoms with Crippen molar-refractivity contribution in [2.75, 3.05) is 0 Å². The van der Waals surface area contributed by atoms with Crippen LogP contribution in [0.1, 0.15) is 11.1 Å². The largest absolute Gasteiger partial charge is 0.311 e. The van der Waals surface area contributed by atoms with Crippen LogP contribution < -0.4 is 0 Å². The molecule has 0 spiro atoms. The number of benzene rings is 2. The van der Waals surface area contributed by atoms with Gasteiger partial charge in [0.15, 0.2) is 0 Å². The lowest BCUT2D eigenvalue weighted by atomic mass is 10.2. The Kier molecular flexibility index (Phi) is 4.46. The monoisotopic (exact) mass is 326 g/mol. The van der Waals surface area contributed by atoms with Gasteiger partial charge in [0.25, 0.3) is 10.1 Å². The van der Waals surface area contributed by atoms with Gasteiger partial charge in [-0.3, -0.25) is 0 Å². The van der Waals surface area contributed by atoms with E-state index in [1.165, 1.54) is 12.1 Å². The molecule has 2 aromatic rings. The van der Waals surface area contributed by atoms with Crippen molar-refractivity contribution >= 4 is 20.2 Å². The van der Waals surface area contributed by atoms with Gasteiger partial charge in [-0.2, -0.15) is 16.8 Å². The average Bonchev–Trinajstić information content (AvgIpc) is 2.38. The van der Waals surface area contributed by atoms with Gasteiger partial charge in [0.1, 0.15) is 5.75 Å². The second-order valence-corrected chi connectivity index (χ2v) is 7.85. The highest BCUT2D eigenvalue weighted by Gasteiger charge is 2.25. The zero-order chi connectivity index (χ0) is 15.5. The van der Waals surface area contributed by atoms with Gasteiger partial charge in [-0.05, 0) is 24.6 Å². The molecule has 21 heavy (non-hydrogen) atoms. The second kappa shape index (κ2) is 5.97. The second-order valence-electron chi connectivity index (χ2n) is 4.52. The molecule has 0 saturated heterocycles. The Morgan fingerprint density at radius 3 is 2.00 bits per heavy atom. The van der Waals surface area contributed by atoms with Crippen LogP contribution in [0, 0.1) is 6.92 Å². The van der Waals surface area contributed by atoms with E-state index in [9.17, 15) is 16.8 Å². The summed E-state index contributed by atoms with van der Waals surface area (Å²) in [5.41, 5.74) is 1.32. The first-order valence-corrected chi connectivity index (χ1v) is 9.06. The SMILES string of the molecule is Cc1ccc(S(=O)(=O)OS(=O)(=O)Cc2ccccc2)cc1. The molecule has 0 N–H and O–H groups in total. The van der Waals surface area contributed by atoms with E-state index in [1.54, 1.807) is 49.4 Å². The van der Waals surface area contributed by atoms with Crippen LogP contribution in [0.4, 0.5) is 0 Å². The number of aryl methyl sites for hydroxylation is 1. The summed E-state index contributed by atoms with van der Waals surface area (Å²) < 4.78 is 52.0. The molecule has 0 aliphatic heterocycles. The molecule has 0 aliphatic carbocycles. The summed E-state index contributed by atoms with van der Waals surface area (Å²) in [6, 6.07) is 14.0. The molecule has 0 heterocycles. The minimum absolute atomic E-state index is 0.190. The van der Waals surface area contributed by atoms with Gasteiger partial charge in [-0.1, -0.05) is 48.0 Å². The van der Waals surface area contributed by atoms with Crippen LogP contribution in [0.3, 0.4) is 0 Å². The first-order valence-electron chi connectivity index (χ1n) is 6.08. The van der Waals surface area contributed by atoms with Gasteiger partial charge < -0.3 is 0 Å². The van der Waals surface area contributed by atoms with E-state index < -0.39 is 26.0 Å². The van der Waals surface area contributed by atoms with Gasteiger partial charge in [0, 0.05) is 0 Å². The van der Waals surface area contributed by atoms with E-state index >= 15 is 0 Å². The van der Waals surface area contributed by atoms with Crippen molar-refractivity contribution in [2.45, 2.75) is 17.6 Å². The quantitative estimate of drug-likeness (QED) is 0.842. The van der Waals surface area contributed by atoms with Crippen LogP contribution in [0.2, 0.25) is 0 Å². The molecule has 2 aromatic carbocycles. The van der Waals surface area contributed by atoms with Gasteiger partial charge >= 0.3 is 10.1 Å². The van der Waals surface area contributed by atoms with Crippen molar-refractivity contribution in [3.8, 4) is 0 Å². The number of hydrogen-bond donors (Lipinski definition) is 0. The highest BCUT2D eigenvalue weighted by atomic mass is 32.3. The maximum atomic E-state index is 11.9. The van der Waals surface area contributed by atoms with Crippen molar-refractivity contribution in [2.24, 2.45) is 0 Å². The van der Waals surface area contributed by atoms with E-state index in [-0.39, 0.29) is 4.90 Å². The predicted molar refractivity (Wildman–Crippen MR) is 78.5 cm³/mol. The average molecular weight is 326 g/mol. The summed E-state index contributed by atoms with van der Waals surface area (Å²) in [6.45, 7) is 1.80. The number of rotatable bonds is 5. The summed E-state index contributed by atoms with van der Waals surface area (Å²) >= 11 is 0. The molecule has 5 nitrogen and oxygen atoms in total. The van der Waals surface area contributed by atoms with Crippen LogP contribution in [-0.2, 0) is 29.6 Å². The van der Waals surface area contributed by atoms with Crippen molar-refractivity contribution in [1.82, 2.24) is 0 Å². The van der Waals surface area contributed by atoms with Gasteiger partial charge in [-0.15, -0.1) is 3.63 Å². The van der Waals surface area contributed by atoms with Gasteiger partial charge in [0.2, 0.25) is 0 Å². The first-order chi connectivity index (χ1) is 9.78. The highest BCUT2D eigenvalue weighted by molar-refractivity contribution is 7.99. The standard InChI is InChI=1S/C14H14O5S2/c1-12-7-9-14(10-8-12)21(17,18)19-20(15,16)11-13-5-3-2-4-6-13/h2-10H,11H2,1H3. The Hall–Kier alpha value is -1.70. The summed E-state index contributed by atoms with van der Waals surface area (Å²) in [7, 11) is -8.58. The lowest BCUT2D eigenvalue weighted by molar-refractivity contribution is 0.461. The van der Waals surface area contributed by atoms with Gasteiger partial charge in [-0.25, -0.2) is 0 Å². The Bertz CT molecular complexity index is 807. The summed E-state index contributed by atoms with van der Waals surface area (Å²) in [5.74, 6) is -0.501. The molecule has 0 bridgehead atoms. The van der Waals surface area contributed by atoms with Gasteiger partial charge in [0.05, 0.1) is 4.90 Å². The van der Waals surface area contributed by atoms with Crippen molar-refractivity contribution < 1.29 is 20.5 Å².